The molecule has 2 rings (SSSR count). The second-order valence-corrected chi connectivity index (χ2v) is 4.13. The van der Waals surface area contributed by atoms with Crippen LogP contribution >= 0.6 is 0 Å². The number of hydrogen-bond acceptors (Lipinski definition) is 4. The quantitative estimate of drug-likeness (QED) is 0.772. The van der Waals surface area contributed by atoms with Crippen LogP contribution in [0.5, 0.6) is 0 Å². The highest BCUT2D eigenvalue weighted by atomic mass is 15.2. The molecule has 1 saturated heterocycles. The van der Waals surface area contributed by atoms with Gasteiger partial charge < -0.3 is 5.32 Å². The highest BCUT2D eigenvalue weighted by Gasteiger charge is 2.13. The van der Waals surface area contributed by atoms with Crippen LogP contribution in [0.1, 0.15) is 19.0 Å². The molecule has 0 spiro atoms. The van der Waals surface area contributed by atoms with Gasteiger partial charge in [-0.3, -0.25) is 4.90 Å². The van der Waals surface area contributed by atoms with E-state index in [1.165, 1.54) is 6.42 Å². The van der Waals surface area contributed by atoms with Crippen molar-refractivity contribution in [1.29, 1.82) is 0 Å². The zero-order chi connectivity index (χ0) is 10.5. The summed E-state index contributed by atoms with van der Waals surface area (Å²) in [5.74, 6) is 0. The molecule has 82 valence electrons. The molecule has 1 fully saturated rings. The number of aromatic nitrogens is 2. The monoisotopic (exact) mass is 206 g/mol. The van der Waals surface area contributed by atoms with Crippen LogP contribution in [0.3, 0.4) is 0 Å². The normalized spacial score (nSPS) is 23.7. The Morgan fingerprint density at radius 2 is 2.47 bits per heavy atom. The number of nitrogens with one attached hydrogen (secondary N) is 1. The van der Waals surface area contributed by atoms with Crippen molar-refractivity contribution in [3.8, 4) is 0 Å². The summed E-state index contributed by atoms with van der Waals surface area (Å²) >= 11 is 0. The van der Waals surface area contributed by atoms with Crippen LogP contribution < -0.4 is 5.32 Å². The Kier molecular flexibility index (Phi) is 3.64. The Morgan fingerprint density at radius 1 is 1.53 bits per heavy atom. The van der Waals surface area contributed by atoms with E-state index >= 15 is 0 Å². The molecule has 1 aliphatic heterocycles. The van der Waals surface area contributed by atoms with Gasteiger partial charge in [-0.2, -0.15) is 10.2 Å². The van der Waals surface area contributed by atoms with Gasteiger partial charge in [0.25, 0.3) is 0 Å². The third-order valence-electron chi connectivity index (χ3n) is 2.81. The van der Waals surface area contributed by atoms with Gasteiger partial charge in [-0.05, 0) is 25.5 Å². The third kappa shape index (κ3) is 3.25. The molecule has 2 heterocycles. The van der Waals surface area contributed by atoms with Crippen molar-refractivity contribution in [2.24, 2.45) is 0 Å². The second kappa shape index (κ2) is 5.19. The SMILES string of the molecule is CC1CCN(Cc2cccnn2)CCN1. The lowest BCUT2D eigenvalue weighted by Crippen LogP contribution is -2.29. The van der Waals surface area contributed by atoms with E-state index in [2.05, 4.69) is 27.3 Å². The van der Waals surface area contributed by atoms with Crippen LogP contribution in [0.4, 0.5) is 0 Å². The first kappa shape index (κ1) is 10.5. The first-order valence-corrected chi connectivity index (χ1v) is 5.57. The molecule has 0 radical (unpaired) electrons. The molecular weight excluding hydrogens is 188 g/mol. The van der Waals surface area contributed by atoms with E-state index in [4.69, 9.17) is 0 Å². The fraction of sp³-hybridized carbons (Fsp3) is 0.636. The van der Waals surface area contributed by atoms with Crippen molar-refractivity contribution in [2.75, 3.05) is 19.6 Å². The molecule has 4 heteroatoms. The van der Waals surface area contributed by atoms with E-state index in [-0.39, 0.29) is 0 Å². The number of nitrogens with zero attached hydrogens (tertiary/aromatic N) is 3. The van der Waals surface area contributed by atoms with E-state index in [1.807, 2.05) is 12.1 Å². The maximum absolute atomic E-state index is 4.11. The smallest absolute Gasteiger partial charge is 0.0771 e. The first-order valence-electron chi connectivity index (χ1n) is 5.57. The summed E-state index contributed by atoms with van der Waals surface area (Å²) in [4.78, 5) is 2.43. The largest absolute Gasteiger partial charge is 0.313 e. The third-order valence-corrected chi connectivity index (χ3v) is 2.81. The van der Waals surface area contributed by atoms with E-state index in [9.17, 15) is 0 Å². The molecular formula is C11H18N4. The average molecular weight is 206 g/mol. The molecule has 1 aromatic heterocycles. The zero-order valence-electron chi connectivity index (χ0n) is 9.19. The molecule has 1 atom stereocenters. The second-order valence-electron chi connectivity index (χ2n) is 4.13. The van der Waals surface area contributed by atoms with Gasteiger partial charge in [0.15, 0.2) is 0 Å². The zero-order valence-corrected chi connectivity index (χ0v) is 9.19. The number of hydrogen-bond donors (Lipinski definition) is 1. The predicted octanol–water partition coefficient (Wildman–Crippen LogP) is 0.660. The van der Waals surface area contributed by atoms with Crippen molar-refractivity contribution in [3.63, 3.8) is 0 Å². The minimum Gasteiger partial charge on any atom is -0.313 e. The predicted molar refractivity (Wildman–Crippen MR) is 59.4 cm³/mol. The minimum atomic E-state index is 0.636. The molecule has 1 aromatic rings. The van der Waals surface area contributed by atoms with E-state index in [0.717, 1.165) is 31.9 Å². The van der Waals surface area contributed by atoms with Crippen molar-refractivity contribution < 1.29 is 0 Å². The van der Waals surface area contributed by atoms with Gasteiger partial charge in [0, 0.05) is 38.4 Å². The van der Waals surface area contributed by atoms with Gasteiger partial charge in [-0.15, -0.1) is 0 Å². The molecule has 0 amide bonds. The molecule has 0 aliphatic carbocycles. The van der Waals surface area contributed by atoms with Gasteiger partial charge >= 0.3 is 0 Å². The van der Waals surface area contributed by atoms with Crippen LogP contribution in [0, 0.1) is 0 Å². The summed E-state index contributed by atoms with van der Waals surface area (Å²) in [5.41, 5.74) is 1.06. The minimum absolute atomic E-state index is 0.636. The first-order chi connectivity index (χ1) is 7.34. The molecule has 1 aliphatic rings. The summed E-state index contributed by atoms with van der Waals surface area (Å²) in [6.45, 7) is 6.47. The molecule has 1 N–H and O–H groups in total. The lowest BCUT2D eigenvalue weighted by atomic mass is 10.2. The van der Waals surface area contributed by atoms with Gasteiger partial charge in [0.2, 0.25) is 0 Å². The molecule has 0 saturated carbocycles. The van der Waals surface area contributed by atoms with Crippen molar-refractivity contribution in [3.05, 3.63) is 24.0 Å². The standard InChI is InChI=1S/C11H18N4/c1-10-4-7-15(8-6-12-10)9-11-3-2-5-13-14-11/h2-3,5,10,12H,4,6-9H2,1H3. The maximum atomic E-state index is 4.11. The molecule has 0 bridgehead atoms. The van der Waals surface area contributed by atoms with Crippen molar-refractivity contribution >= 4 is 0 Å². The van der Waals surface area contributed by atoms with Gasteiger partial charge in [0.1, 0.15) is 0 Å². The summed E-state index contributed by atoms with van der Waals surface area (Å²) in [6, 6.07) is 4.62. The van der Waals surface area contributed by atoms with E-state index in [0.29, 0.717) is 6.04 Å². The molecule has 1 unspecified atom stereocenters. The van der Waals surface area contributed by atoms with Crippen LogP contribution in [0.15, 0.2) is 18.3 Å². The Bertz CT molecular complexity index is 288. The van der Waals surface area contributed by atoms with E-state index < -0.39 is 0 Å². The van der Waals surface area contributed by atoms with Crippen molar-refractivity contribution in [1.82, 2.24) is 20.4 Å². The highest BCUT2D eigenvalue weighted by molar-refractivity contribution is 4.99. The Hall–Kier alpha value is -1.00. The Balaban J connectivity index is 1.89. The lowest BCUT2D eigenvalue weighted by molar-refractivity contribution is 0.278. The fourth-order valence-electron chi connectivity index (χ4n) is 1.86. The topological polar surface area (TPSA) is 41.1 Å². The summed E-state index contributed by atoms with van der Waals surface area (Å²) in [5, 5.41) is 11.5. The molecule has 4 nitrogen and oxygen atoms in total. The average Bonchev–Trinajstić information content (AvgIpc) is 2.46. The van der Waals surface area contributed by atoms with Gasteiger partial charge in [0.05, 0.1) is 5.69 Å². The van der Waals surface area contributed by atoms with E-state index in [1.54, 1.807) is 6.20 Å². The summed E-state index contributed by atoms with van der Waals surface area (Å²) in [6.07, 6.45) is 2.93. The maximum Gasteiger partial charge on any atom is 0.0771 e. The van der Waals surface area contributed by atoms with Crippen LogP contribution in [-0.4, -0.2) is 40.8 Å². The summed E-state index contributed by atoms with van der Waals surface area (Å²) in [7, 11) is 0. The Morgan fingerprint density at radius 3 is 3.27 bits per heavy atom. The fourth-order valence-corrected chi connectivity index (χ4v) is 1.86. The number of rotatable bonds is 2. The lowest BCUT2D eigenvalue weighted by Gasteiger charge is -2.18. The van der Waals surface area contributed by atoms with Gasteiger partial charge in [-0.1, -0.05) is 0 Å². The summed E-state index contributed by atoms with van der Waals surface area (Å²) < 4.78 is 0. The molecule has 0 aromatic carbocycles. The molecule has 15 heavy (non-hydrogen) atoms. The van der Waals surface area contributed by atoms with Gasteiger partial charge in [-0.25, -0.2) is 0 Å². The highest BCUT2D eigenvalue weighted by Crippen LogP contribution is 2.05. The van der Waals surface area contributed by atoms with Crippen LogP contribution in [0.25, 0.3) is 0 Å². The Labute approximate surface area is 90.7 Å². The van der Waals surface area contributed by atoms with Crippen LogP contribution in [-0.2, 0) is 6.54 Å². The van der Waals surface area contributed by atoms with Crippen LogP contribution in [0.2, 0.25) is 0 Å². The van der Waals surface area contributed by atoms with Crippen molar-refractivity contribution in [2.45, 2.75) is 25.9 Å².